The van der Waals surface area contributed by atoms with Crippen LogP contribution >= 0.6 is 0 Å². The summed E-state index contributed by atoms with van der Waals surface area (Å²) < 4.78 is 88.0. The molecule has 9 nitrogen and oxygen atoms in total. The molecule has 0 radical (unpaired) electrons. The number of nitrogens with one attached hydrogen (secondary N) is 2. The predicted octanol–water partition coefficient (Wildman–Crippen LogP) is 2.58. The number of nitrogens with two attached hydrogens (primary N) is 1. The molecule has 0 bridgehead atoms. The van der Waals surface area contributed by atoms with Gasteiger partial charge < -0.3 is 5.43 Å². The van der Waals surface area contributed by atoms with E-state index in [-0.39, 0.29) is 38.0 Å². The van der Waals surface area contributed by atoms with E-state index in [2.05, 4.69) is 20.1 Å². The number of nitrogens with zero attached hydrogens (tertiary/aromatic N) is 2. The fraction of sp³-hybridized carbons (Fsp3) is 0.158. The fourth-order valence-electron chi connectivity index (χ4n) is 2.96. The van der Waals surface area contributed by atoms with E-state index in [1.807, 2.05) is 0 Å². The topological polar surface area (TPSA) is 148 Å². The van der Waals surface area contributed by atoms with Crippen LogP contribution in [-0.4, -0.2) is 40.1 Å². The lowest BCUT2D eigenvalue weighted by atomic mass is 9.99. The highest BCUT2D eigenvalue weighted by atomic mass is 32.2. The molecule has 0 spiro atoms. The normalized spacial score (nSPS) is 14.0. The van der Waals surface area contributed by atoms with E-state index in [9.17, 15) is 30.0 Å². The first kappa shape index (κ1) is 24.6. The Balaban J connectivity index is 2.29. The second kappa shape index (κ2) is 8.70. The summed E-state index contributed by atoms with van der Waals surface area (Å²) in [6.45, 7) is 0. The van der Waals surface area contributed by atoms with E-state index in [0.717, 1.165) is 6.26 Å². The number of aromatic nitrogens is 2. The Bertz CT molecular complexity index is 1390. The summed E-state index contributed by atoms with van der Waals surface area (Å²) in [6.07, 6.45) is -3.77. The number of rotatable bonds is 6. The molecule has 3 rings (SSSR count). The van der Waals surface area contributed by atoms with Crippen LogP contribution in [0.25, 0.3) is 22.4 Å². The molecule has 0 aliphatic carbocycles. The summed E-state index contributed by atoms with van der Waals surface area (Å²) in [6, 6.07) is 10.6. The first-order valence-electron chi connectivity index (χ1n) is 9.10. The standard InChI is InChI=1S/C19H18F3N5O4S2/c1-24-33(30,31)14-9-3-11(4-10-14)15-16(12-5-7-13(8-6-12)32(2,28)29)25-18(19(20,21)22)26-17(15)27-23/h3-10,24H,23H2,1-2H3,(H,25,26,27)/p+1. The molecule has 3 aromatic rings. The smallest absolute Gasteiger partial charge is 0.308 e. The van der Waals surface area contributed by atoms with Crippen molar-refractivity contribution in [1.29, 1.82) is 0 Å². The third-order valence-corrected chi connectivity index (χ3v) is 7.16. The van der Waals surface area contributed by atoms with E-state index in [1.165, 1.54) is 55.6 Å². The molecular formula is C19H19F3N5O4S2+. The van der Waals surface area contributed by atoms with Gasteiger partial charge in [-0.25, -0.2) is 33.2 Å². The van der Waals surface area contributed by atoms with Gasteiger partial charge in [0.05, 0.1) is 22.4 Å². The Kier molecular flexibility index (Phi) is 6.48. The predicted molar refractivity (Wildman–Crippen MR) is 116 cm³/mol. The van der Waals surface area contributed by atoms with Gasteiger partial charge in [0.15, 0.2) is 5.82 Å². The molecule has 14 heteroatoms. The molecule has 1 atom stereocenters. The Morgan fingerprint density at radius 2 is 1.42 bits per heavy atom. The van der Waals surface area contributed by atoms with Gasteiger partial charge in [-0.05, 0) is 36.9 Å². The van der Waals surface area contributed by atoms with Gasteiger partial charge in [0.25, 0.3) is 9.84 Å². The Hall–Kier alpha value is -3.07. The van der Waals surface area contributed by atoms with Crippen LogP contribution in [0, 0.1) is 0 Å². The summed E-state index contributed by atoms with van der Waals surface area (Å²) in [5, 5.41) is 0. The zero-order valence-electron chi connectivity index (χ0n) is 17.2. The molecule has 0 aliphatic rings. The monoisotopic (exact) mass is 502 g/mol. The SMILES string of the molecule is CNS(=O)(=O)c1ccc(-c2c(NN)nc(C(F)(F)F)nc2-c2ccc(S(C)(=O)=[OH+])cc2)cc1. The Morgan fingerprint density at radius 3 is 1.88 bits per heavy atom. The number of hydrogen-bond acceptors (Lipinski definition) is 7. The average Bonchev–Trinajstić information content (AvgIpc) is 2.77. The van der Waals surface area contributed by atoms with E-state index < -0.39 is 31.9 Å². The lowest BCUT2D eigenvalue weighted by Crippen LogP contribution is -2.19. The molecule has 0 aliphatic heterocycles. The van der Waals surface area contributed by atoms with Gasteiger partial charge in [-0.2, -0.15) is 17.4 Å². The van der Waals surface area contributed by atoms with Crippen LogP contribution < -0.4 is 16.0 Å². The van der Waals surface area contributed by atoms with Crippen molar-refractivity contribution in [1.82, 2.24) is 14.7 Å². The molecule has 1 unspecified atom stereocenters. The maximum atomic E-state index is 13.4. The zero-order chi connectivity index (χ0) is 24.6. The van der Waals surface area contributed by atoms with Crippen molar-refractivity contribution in [2.75, 3.05) is 18.7 Å². The minimum absolute atomic E-state index is 0.0598. The third-order valence-electron chi connectivity index (χ3n) is 4.59. The fourth-order valence-corrected chi connectivity index (χ4v) is 4.33. The molecule has 2 aromatic carbocycles. The molecular weight excluding hydrogens is 483 g/mol. The number of nitrogen functional groups attached to an aromatic ring is 1. The first-order valence-corrected chi connectivity index (χ1v) is 12.5. The van der Waals surface area contributed by atoms with E-state index in [0.29, 0.717) is 0 Å². The van der Waals surface area contributed by atoms with Gasteiger partial charge >= 0.3 is 6.18 Å². The molecule has 0 saturated carbocycles. The molecule has 0 amide bonds. The summed E-state index contributed by atoms with van der Waals surface area (Å²) in [7, 11) is -5.79. The van der Waals surface area contributed by atoms with Crippen molar-refractivity contribution in [3.8, 4) is 22.4 Å². The Labute approximate surface area is 187 Å². The van der Waals surface area contributed by atoms with Crippen molar-refractivity contribution in [3.63, 3.8) is 0 Å². The van der Waals surface area contributed by atoms with Gasteiger partial charge in [0.2, 0.25) is 15.8 Å². The van der Waals surface area contributed by atoms with Crippen LogP contribution in [0.3, 0.4) is 0 Å². The molecule has 176 valence electrons. The van der Waals surface area contributed by atoms with Gasteiger partial charge in [-0.1, -0.05) is 24.3 Å². The lowest BCUT2D eigenvalue weighted by Gasteiger charge is -2.17. The average molecular weight is 503 g/mol. The van der Waals surface area contributed by atoms with Crippen LogP contribution in [0.2, 0.25) is 0 Å². The molecule has 0 fully saturated rings. The maximum absolute atomic E-state index is 13.4. The number of halogens is 3. The number of benzene rings is 2. The summed E-state index contributed by atoms with van der Waals surface area (Å²) in [5.41, 5.74) is 2.53. The van der Waals surface area contributed by atoms with Crippen LogP contribution in [-0.2, 0) is 26.0 Å². The van der Waals surface area contributed by atoms with Crippen LogP contribution in [0.1, 0.15) is 5.82 Å². The second-order valence-corrected chi connectivity index (χ2v) is 10.8. The minimum atomic E-state index is -4.88. The lowest BCUT2D eigenvalue weighted by molar-refractivity contribution is -0.144. The largest absolute Gasteiger partial charge is 0.451 e. The highest BCUT2D eigenvalue weighted by molar-refractivity contribution is 7.90. The van der Waals surface area contributed by atoms with Crippen molar-refractivity contribution in [3.05, 3.63) is 54.4 Å². The van der Waals surface area contributed by atoms with Gasteiger partial charge in [-0.15, -0.1) is 0 Å². The number of sulfonamides is 1. The summed E-state index contributed by atoms with van der Waals surface area (Å²) in [5.74, 6) is 3.67. The van der Waals surface area contributed by atoms with Crippen LogP contribution in [0.15, 0.2) is 58.3 Å². The molecule has 1 aromatic heterocycles. The summed E-state index contributed by atoms with van der Waals surface area (Å²) >= 11 is 0. The summed E-state index contributed by atoms with van der Waals surface area (Å²) in [4.78, 5) is 7.18. The molecule has 5 N–H and O–H groups in total. The highest BCUT2D eigenvalue weighted by Gasteiger charge is 2.37. The third kappa shape index (κ3) is 5.13. The van der Waals surface area contributed by atoms with Gasteiger partial charge in [-0.3, -0.25) is 0 Å². The molecule has 33 heavy (non-hydrogen) atoms. The first-order chi connectivity index (χ1) is 15.3. The Morgan fingerprint density at radius 1 is 0.909 bits per heavy atom. The number of anilines is 1. The molecule has 1 heterocycles. The second-order valence-electron chi connectivity index (χ2n) is 6.82. The van der Waals surface area contributed by atoms with Crippen LogP contribution in [0.5, 0.6) is 0 Å². The van der Waals surface area contributed by atoms with Crippen molar-refractivity contribution < 1.29 is 30.0 Å². The zero-order valence-corrected chi connectivity index (χ0v) is 18.8. The van der Waals surface area contributed by atoms with E-state index in [4.69, 9.17) is 5.84 Å². The van der Waals surface area contributed by atoms with E-state index >= 15 is 0 Å². The van der Waals surface area contributed by atoms with Gasteiger partial charge in [0, 0.05) is 5.56 Å². The number of alkyl halides is 3. The van der Waals surface area contributed by atoms with E-state index in [1.54, 1.807) is 0 Å². The maximum Gasteiger partial charge on any atom is 0.451 e. The quantitative estimate of drug-likeness (QED) is 0.266. The number of hydrazine groups is 1. The van der Waals surface area contributed by atoms with Crippen molar-refractivity contribution in [2.45, 2.75) is 16.0 Å². The molecule has 0 saturated heterocycles. The van der Waals surface area contributed by atoms with Crippen molar-refractivity contribution in [2.24, 2.45) is 5.84 Å². The highest BCUT2D eigenvalue weighted by Crippen LogP contribution is 2.39. The van der Waals surface area contributed by atoms with Gasteiger partial charge in [0.1, 0.15) is 4.90 Å². The van der Waals surface area contributed by atoms with Crippen LogP contribution in [0.4, 0.5) is 19.0 Å². The number of hydrogen-bond donors (Lipinski definition) is 3. The van der Waals surface area contributed by atoms with Crippen molar-refractivity contribution >= 4 is 25.7 Å². The minimum Gasteiger partial charge on any atom is -0.308 e.